The molecule has 0 aliphatic rings. The van der Waals surface area contributed by atoms with Crippen molar-refractivity contribution in [3.8, 4) is 23.7 Å². The van der Waals surface area contributed by atoms with Crippen molar-refractivity contribution in [3.63, 3.8) is 0 Å². The van der Waals surface area contributed by atoms with E-state index in [1.54, 1.807) is 24.8 Å². The summed E-state index contributed by atoms with van der Waals surface area (Å²) >= 11 is 4.41. The molecule has 0 spiro atoms. The minimum absolute atomic E-state index is 0.948. The molecular weight excluding hydrogens is 450 g/mol. The van der Waals surface area contributed by atoms with Crippen LogP contribution in [0.3, 0.4) is 0 Å². The molecule has 0 aromatic carbocycles. The predicted octanol–water partition coefficient (Wildman–Crippen LogP) is 3.09. The highest BCUT2D eigenvalue weighted by Crippen LogP contribution is 2.08. The molecule has 0 N–H and O–H groups in total. The number of hydrogen-bond donors (Lipinski definition) is 0. The zero-order valence-corrected chi connectivity index (χ0v) is 13.4. The van der Waals surface area contributed by atoms with Gasteiger partial charge >= 0.3 is 0 Å². The van der Waals surface area contributed by atoms with Gasteiger partial charge in [0.1, 0.15) is 0 Å². The van der Waals surface area contributed by atoms with E-state index in [9.17, 15) is 0 Å². The third kappa shape index (κ3) is 3.69. The fourth-order valence-electron chi connectivity index (χ4n) is 1.15. The summed E-state index contributed by atoms with van der Waals surface area (Å²) in [5.74, 6) is 11.7. The average molecular weight is 456 g/mol. The Morgan fingerprint density at radius 2 is 1.22 bits per heavy atom. The van der Waals surface area contributed by atoms with E-state index in [1.807, 2.05) is 12.1 Å². The van der Waals surface area contributed by atoms with Gasteiger partial charge in [-0.3, -0.25) is 9.97 Å². The number of nitrogens with zero attached hydrogens (tertiary/aromatic N) is 2. The maximum atomic E-state index is 4.01. The van der Waals surface area contributed by atoms with E-state index in [-0.39, 0.29) is 0 Å². The van der Waals surface area contributed by atoms with Gasteiger partial charge in [0.2, 0.25) is 0 Å². The molecule has 2 heterocycles. The van der Waals surface area contributed by atoms with Crippen LogP contribution in [-0.2, 0) is 0 Å². The summed E-state index contributed by atoms with van der Waals surface area (Å²) in [5, 5.41) is 0. The lowest BCUT2D eigenvalue weighted by atomic mass is 10.2. The second-order valence-electron chi connectivity index (χ2n) is 3.21. The molecule has 0 fully saturated rings. The highest BCUT2D eigenvalue weighted by molar-refractivity contribution is 14.1. The first-order valence-electron chi connectivity index (χ1n) is 4.98. The summed E-state index contributed by atoms with van der Waals surface area (Å²) in [4.78, 5) is 8.03. The van der Waals surface area contributed by atoms with Gasteiger partial charge in [0, 0.05) is 43.1 Å². The van der Waals surface area contributed by atoms with Gasteiger partial charge < -0.3 is 0 Å². The number of hydrogen-bond acceptors (Lipinski definition) is 2. The molecule has 0 saturated heterocycles. The van der Waals surface area contributed by atoms with Gasteiger partial charge in [-0.2, -0.15) is 0 Å². The van der Waals surface area contributed by atoms with E-state index < -0.39 is 0 Å². The summed E-state index contributed by atoms with van der Waals surface area (Å²) in [6.07, 6.45) is 7.02. The van der Waals surface area contributed by atoms with Crippen LogP contribution in [0.1, 0.15) is 11.1 Å². The topological polar surface area (TPSA) is 25.8 Å². The van der Waals surface area contributed by atoms with E-state index in [0.717, 1.165) is 18.3 Å². The van der Waals surface area contributed by atoms with E-state index in [4.69, 9.17) is 0 Å². The molecule has 0 atom stereocenters. The number of pyridine rings is 2. The molecule has 0 radical (unpaired) electrons. The molecule has 4 heteroatoms. The molecule has 0 aliphatic heterocycles. The Kier molecular flexibility index (Phi) is 4.97. The van der Waals surface area contributed by atoms with Crippen LogP contribution in [-0.4, -0.2) is 9.97 Å². The van der Waals surface area contributed by atoms with Crippen LogP contribution >= 0.6 is 45.2 Å². The van der Waals surface area contributed by atoms with Gasteiger partial charge in [-0.05, 0) is 69.2 Å². The molecule has 0 saturated carbocycles. The first-order chi connectivity index (χ1) is 8.77. The molecule has 0 unspecified atom stereocenters. The lowest BCUT2D eigenvalue weighted by Crippen LogP contribution is -1.82. The van der Waals surface area contributed by atoms with Crippen molar-refractivity contribution < 1.29 is 0 Å². The third-order valence-electron chi connectivity index (χ3n) is 2.00. The fraction of sp³-hybridized carbons (Fsp3) is 0. The van der Waals surface area contributed by atoms with E-state index in [2.05, 4.69) is 78.8 Å². The smallest absolute Gasteiger partial charge is 0.0470 e. The Hall–Kier alpha value is -1.12. The van der Waals surface area contributed by atoms with Gasteiger partial charge in [0.25, 0.3) is 0 Å². The van der Waals surface area contributed by atoms with Crippen molar-refractivity contribution in [2.24, 2.45) is 0 Å². The maximum absolute atomic E-state index is 4.01. The molecule has 2 aromatic rings. The van der Waals surface area contributed by atoms with Gasteiger partial charge in [0.15, 0.2) is 0 Å². The lowest BCUT2D eigenvalue weighted by Gasteiger charge is -1.91. The second kappa shape index (κ2) is 6.72. The molecular formula is C14H6I2N2. The Bertz CT molecular complexity index is 626. The molecule has 0 amide bonds. The molecule has 86 valence electrons. The molecule has 0 bridgehead atoms. The SMILES string of the molecule is Ic1cnccc1C#CC#Cc1ccncc1I. The van der Waals surface area contributed by atoms with Gasteiger partial charge in [0.05, 0.1) is 0 Å². The summed E-state index contributed by atoms with van der Waals surface area (Å²) in [6.45, 7) is 0. The Labute approximate surface area is 133 Å². The first-order valence-corrected chi connectivity index (χ1v) is 7.14. The van der Waals surface area contributed by atoms with Crippen LogP contribution in [0.4, 0.5) is 0 Å². The summed E-state index contributed by atoms with van der Waals surface area (Å²) in [6, 6.07) is 3.76. The molecule has 2 rings (SSSR count). The quantitative estimate of drug-likeness (QED) is 0.450. The Balaban J connectivity index is 2.20. The summed E-state index contributed by atoms with van der Waals surface area (Å²) in [5.41, 5.74) is 1.90. The first kappa shape index (κ1) is 13.3. The van der Waals surface area contributed by atoms with Crippen molar-refractivity contribution in [1.82, 2.24) is 9.97 Å². The number of rotatable bonds is 0. The summed E-state index contributed by atoms with van der Waals surface area (Å²) < 4.78 is 2.06. The standard InChI is InChI=1S/C14H6I2N2/c15-13-9-17-7-5-11(13)3-1-2-4-12-6-8-18-10-14(12)16/h5-10H. The highest BCUT2D eigenvalue weighted by atomic mass is 127. The highest BCUT2D eigenvalue weighted by Gasteiger charge is 1.93. The maximum Gasteiger partial charge on any atom is 0.0470 e. The van der Waals surface area contributed by atoms with Gasteiger partial charge in [-0.15, -0.1) is 0 Å². The van der Waals surface area contributed by atoms with Crippen LogP contribution in [0.25, 0.3) is 0 Å². The van der Waals surface area contributed by atoms with E-state index >= 15 is 0 Å². The average Bonchev–Trinajstić information content (AvgIpc) is 2.38. The minimum Gasteiger partial charge on any atom is -0.264 e. The fourth-order valence-corrected chi connectivity index (χ4v) is 2.10. The predicted molar refractivity (Wildman–Crippen MR) is 87.7 cm³/mol. The van der Waals surface area contributed by atoms with Gasteiger partial charge in [-0.1, -0.05) is 11.8 Å². The van der Waals surface area contributed by atoms with Crippen LogP contribution in [0, 0.1) is 30.8 Å². The molecule has 18 heavy (non-hydrogen) atoms. The lowest BCUT2D eigenvalue weighted by molar-refractivity contribution is 1.29. The Morgan fingerprint density at radius 1 is 0.778 bits per heavy atom. The number of halogens is 2. The Morgan fingerprint density at radius 3 is 1.61 bits per heavy atom. The zero-order chi connectivity index (χ0) is 12.8. The third-order valence-corrected chi connectivity index (χ3v) is 3.72. The van der Waals surface area contributed by atoms with Crippen LogP contribution in [0.15, 0.2) is 36.9 Å². The van der Waals surface area contributed by atoms with Crippen LogP contribution < -0.4 is 0 Å². The van der Waals surface area contributed by atoms with E-state index in [0.29, 0.717) is 0 Å². The summed E-state index contributed by atoms with van der Waals surface area (Å²) in [7, 11) is 0. The van der Waals surface area contributed by atoms with Crippen molar-refractivity contribution in [1.29, 1.82) is 0 Å². The minimum atomic E-state index is 0.948. The van der Waals surface area contributed by atoms with Crippen molar-refractivity contribution >= 4 is 45.2 Å². The van der Waals surface area contributed by atoms with Crippen molar-refractivity contribution in [2.45, 2.75) is 0 Å². The second-order valence-corrected chi connectivity index (χ2v) is 5.54. The van der Waals surface area contributed by atoms with Crippen molar-refractivity contribution in [2.75, 3.05) is 0 Å². The molecule has 0 aliphatic carbocycles. The van der Waals surface area contributed by atoms with Crippen LogP contribution in [0.5, 0.6) is 0 Å². The normalized spacial score (nSPS) is 8.78. The van der Waals surface area contributed by atoms with E-state index in [1.165, 1.54) is 0 Å². The largest absolute Gasteiger partial charge is 0.264 e. The zero-order valence-electron chi connectivity index (χ0n) is 9.11. The van der Waals surface area contributed by atoms with Gasteiger partial charge in [-0.25, -0.2) is 0 Å². The van der Waals surface area contributed by atoms with Crippen LogP contribution in [0.2, 0.25) is 0 Å². The number of aromatic nitrogens is 2. The monoisotopic (exact) mass is 456 g/mol. The molecule has 2 aromatic heterocycles. The molecule has 2 nitrogen and oxygen atoms in total. The van der Waals surface area contributed by atoms with Crippen molar-refractivity contribution in [3.05, 3.63) is 55.2 Å².